The number of esters is 1. The van der Waals surface area contributed by atoms with Gasteiger partial charge in [0, 0.05) is 25.3 Å². The van der Waals surface area contributed by atoms with Crippen LogP contribution in [0.3, 0.4) is 0 Å². The van der Waals surface area contributed by atoms with Gasteiger partial charge in [0.15, 0.2) is 0 Å². The van der Waals surface area contributed by atoms with E-state index < -0.39 is 30.3 Å². The summed E-state index contributed by atoms with van der Waals surface area (Å²) in [5.74, 6) is -0.769. The first-order valence-corrected chi connectivity index (χ1v) is 14.5. The van der Waals surface area contributed by atoms with E-state index in [0.717, 1.165) is 37.7 Å². The van der Waals surface area contributed by atoms with Crippen LogP contribution in [0.5, 0.6) is 0 Å². The number of hydrogen-bond acceptors (Lipinski definition) is 7. The molecule has 0 saturated heterocycles. The third-order valence-electron chi connectivity index (χ3n) is 7.29. The fourth-order valence-electron chi connectivity index (χ4n) is 5.01. The van der Waals surface area contributed by atoms with Crippen LogP contribution in [0, 0.1) is 11.8 Å². The Balaban J connectivity index is 2.00. The number of carbonyl (C=O) groups is 2. The number of amides is 1. The lowest BCUT2D eigenvalue weighted by atomic mass is 9.89. The summed E-state index contributed by atoms with van der Waals surface area (Å²) in [7, 11) is 0. The zero-order valence-electron chi connectivity index (χ0n) is 23.4. The van der Waals surface area contributed by atoms with Gasteiger partial charge < -0.3 is 31.7 Å². The minimum atomic E-state index is -0.700. The summed E-state index contributed by atoms with van der Waals surface area (Å²) >= 11 is 0. The van der Waals surface area contributed by atoms with Crippen molar-refractivity contribution in [2.24, 2.45) is 23.3 Å². The molecule has 1 aromatic rings. The topological polar surface area (TPSA) is 148 Å². The number of carbonyl (C=O) groups excluding carboxylic acids is 2. The van der Waals surface area contributed by atoms with Crippen LogP contribution in [0.25, 0.3) is 0 Å². The number of allylic oxidation sites excluding steroid dienone is 2. The van der Waals surface area contributed by atoms with Crippen LogP contribution in [0.2, 0.25) is 0 Å². The minimum absolute atomic E-state index is 0.0597. The van der Waals surface area contributed by atoms with Crippen LogP contribution in [0.1, 0.15) is 70.3 Å². The molecule has 8 heteroatoms. The highest BCUT2D eigenvalue weighted by Crippen LogP contribution is 2.36. The quantitative estimate of drug-likeness (QED) is 0.109. The van der Waals surface area contributed by atoms with E-state index in [9.17, 15) is 19.8 Å². The van der Waals surface area contributed by atoms with E-state index in [1.54, 1.807) is 0 Å². The van der Waals surface area contributed by atoms with Crippen molar-refractivity contribution < 1.29 is 24.5 Å². The van der Waals surface area contributed by atoms with Crippen molar-refractivity contribution in [3.05, 3.63) is 60.2 Å². The molecule has 0 bridgehead atoms. The third kappa shape index (κ3) is 12.5. The van der Waals surface area contributed by atoms with Gasteiger partial charge in [0.2, 0.25) is 5.91 Å². The van der Waals surface area contributed by atoms with Gasteiger partial charge >= 0.3 is 5.97 Å². The van der Waals surface area contributed by atoms with Crippen LogP contribution in [-0.4, -0.2) is 59.5 Å². The van der Waals surface area contributed by atoms with E-state index in [1.807, 2.05) is 61.6 Å². The molecule has 1 aliphatic rings. The molecule has 1 aliphatic carbocycles. The maximum absolute atomic E-state index is 12.7. The normalized spacial score (nSPS) is 22.8. The predicted octanol–water partition coefficient (Wildman–Crippen LogP) is 3.15. The number of ether oxygens (including phenoxy) is 1. The Labute approximate surface area is 233 Å². The summed E-state index contributed by atoms with van der Waals surface area (Å²) in [6.45, 7) is 3.10. The van der Waals surface area contributed by atoms with Crippen molar-refractivity contribution in [1.29, 1.82) is 0 Å². The number of hydrogen-bond donors (Lipinski definition) is 5. The number of nitrogens with two attached hydrogens (primary N) is 2. The van der Waals surface area contributed by atoms with Gasteiger partial charge in [-0.15, -0.1) is 0 Å². The van der Waals surface area contributed by atoms with E-state index >= 15 is 0 Å². The number of aliphatic hydroxyl groups excluding tert-OH is 2. The van der Waals surface area contributed by atoms with Gasteiger partial charge in [0.1, 0.15) is 12.1 Å². The standard InChI is InChI=1S/C31H49N3O5/c1-2-34-30(37)16-9-4-3-8-14-25-26(29(36)22-28(25)35)20-19-24(18-17-23-12-6-5-7-13-23)39-31(38)27(33)15-10-11-21-32/h3,5-8,12-13,19-20,24-29,35-36H,2,4,9-11,14-18,21-22,32-33H2,1H3,(H,34,37)/b8-3-,20-19+. The molecule has 218 valence electrons. The monoisotopic (exact) mass is 543 g/mol. The Morgan fingerprint density at radius 1 is 1.10 bits per heavy atom. The Morgan fingerprint density at radius 3 is 2.59 bits per heavy atom. The number of rotatable bonds is 18. The summed E-state index contributed by atoms with van der Waals surface area (Å²) in [5, 5.41) is 24.1. The van der Waals surface area contributed by atoms with Crippen LogP contribution in [-0.2, 0) is 20.7 Å². The van der Waals surface area contributed by atoms with Crippen LogP contribution in [0.4, 0.5) is 0 Å². The Hall–Kier alpha value is -2.52. The number of unbranched alkanes of at least 4 members (excludes halogenated alkanes) is 2. The third-order valence-corrected chi connectivity index (χ3v) is 7.29. The van der Waals surface area contributed by atoms with Gasteiger partial charge in [0.25, 0.3) is 0 Å². The molecule has 2 rings (SSSR count). The molecule has 0 aromatic heterocycles. The molecule has 1 amide bonds. The average Bonchev–Trinajstić information content (AvgIpc) is 3.19. The van der Waals surface area contributed by atoms with E-state index in [4.69, 9.17) is 16.2 Å². The number of nitrogens with one attached hydrogen (secondary N) is 1. The lowest BCUT2D eigenvalue weighted by Gasteiger charge is -2.21. The van der Waals surface area contributed by atoms with Crippen LogP contribution in [0.15, 0.2) is 54.6 Å². The fourth-order valence-corrected chi connectivity index (χ4v) is 5.01. The van der Waals surface area contributed by atoms with Crippen molar-refractivity contribution in [2.45, 2.75) is 95.5 Å². The van der Waals surface area contributed by atoms with Crippen LogP contribution < -0.4 is 16.8 Å². The van der Waals surface area contributed by atoms with E-state index in [2.05, 4.69) is 5.32 Å². The summed E-state index contributed by atoms with van der Waals surface area (Å²) in [6.07, 6.45) is 12.4. The number of aryl methyl sites for hydroxylation is 1. The highest BCUT2D eigenvalue weighted by molar-refractivity contribution is 5.76. The van der Waals surface area contributed by atoms with Gasteiger partial charge in [-0.3, -0.25) is 9.59 Å². The van der Waals surface area contributed by atoms with Gasteiger partial charge in [0.05, 0.1) is 12.2 Å². The first kappa shape index (κ1) is 32.7. The molecule has 0 heterocycles. The summed E-state index contributed by atoms with van der Waals surface area (Å²) in [6, 6.07) is 9.30. The van der Waals surface area contributed by atoms with E-state index in [0.29, 0.717) is 45.2 Å². The molecule has 8 nitrogen and oxygen atoms in total. The molecule has 7 N–H and O–H groups in total. The molecule has 6 atom stereocenters. The van der Waals surface area contributed by atoms with Crippen molar-refractivity contribution in [2.75, 3.05) is 13.1 Å². The minimum Gasteiger partial charge on any atom is -0.457 e. The highest BCUT2D eigenvalue weighted by atomic mass is 16.5. The largest absolute Gasteiger partial charge is 0.457 e. The number of benzene rings is 1. The molecule has 0 aliphatic heterocycles. The molecular weight excluding hydrogens is 494 g/mol. The number of aliphatic hydroxyl groups is 2. The second-order valence-electron chi connectivity index (χ2n) is 10.4. The average molecular weight is 544 g/mol. The summed E-state index contributed by atoms with van der Waals surface area (Å²) in [5.41, 5.74) is 12.8. The van der Waals surface area contributed by atoms with Crippen molar-refractivity contribution >= 4 is 11.9 Å². The maximum Gasteiger partial charge on any atom is 0.323 e. The lowest BCUT2D eigenvalue weighted by Crippen LogP contribution is -2.35. The summed E-state index contributed by atoms with van der Waals surface area (Å²) < 4.78 is 5.81. The molecule has 1 aromatic carbocycles. The molecule has 1 fully saturated rings. The Bertz CT molecular complexity index is 891. The molecule has 0 spiro atoms. The van der Waals surface area contributed by atoms with Crippen molar-refractivity contribution in [3.63, 3.8) is 0 Å². The Kier molecular flexibility index (Phi) is 15.7. The van der Waals surface area contributed by atoms with Gasteiger partial charge in [-0.1, -0.05) is 55.0 Å². The molecule has 39 heavy (non-hydrogen) atoms. The molecule has 0 radical (unpaired) electrons. The maximum atomic E-state index is 12.7. The van der Waals surface area contributed by atoms with Gasteiger partial charge in [-0.25, -0.2) is 0 Å². The summed E-state index contributed by atoms with van der Waals surface area (Å²) in [4.78, 5) is 24.3. The second kappa shape index (κ2) is 18.7. The first-order valence-electron chi connectivity index (χ1n) is 14.5. The first-order chi connectivity index (χ1) is 18.8. The predicted molar refractivity (Wildman–Crippen MR) is 155 cm³/mol. The Morgan fingerprint density at radius 2 is 1.87 bits per heavy atom. The van der Waals surface area contributed by atoms with E-state index in [-0.39, 0.29) is 17.7 Å². The van der Waals surface area contributed by atoms with Crippen molar-refractivity contribution in [3.8, 4) is 0 Å². The van der Waals surface area contributed by atoms with E-state index in [1.165, 1.54) is 0 Å². The van der Waals surface area contributed by atoms with Gasteiger partial charge in [-0.05, 0) is 76.0 Å². The highest BCUT2D eigenvalue weighted by Gasteiger charge is 2.39. The lowest BCUT2D eigenvalue weighted by molar-refractivity contribution is -0.149. The molecule has 6 unspecified atom stereocenters. The molecular formula is C31H49N3O5. The zero-order valence-corrected chi connectivity index (χ0v) is 23.4. The fraction of sp³-hybridized carbons (Fsp3) is 0.613. The SMILES string of the molecule is CCNC(=O)CCC/C=C\CC1C(O)CC(O)C1/C=C/C(CCc1ccccc1)OC(=O)C(N)CCCCN. The smallest absolute Gasteiger partial charge is 0.323 e. The zero-order chi connectivity index (χ0) is 28.5. The van der Waals surface area contributed by atoms with Gasteiger partial charge in [-0.2, -0.15) is 0 Å². The molecule has 1 saturated carbocycles. The second-order valence-corrected chi connectivity index (χ2v) is 10.4. The van der Waals surface area contributed by atoms with Crippen molar-refractivity contribution in [1.82, 2.24) is 5.32 Å². The van der Waals surface area contributed by atoms with Crippen LogP contribution >= 0.6 is 0 Å².